The molecule has 0 aromatic carbocycles. The van der Waals surface area contributed by atoms with Gasteiger partial charge in [-0.2, -0.15) is 26.3 Å². The Labute approximate surface area is 126 Å². The molecule has 1 unspecified atom stereocenters. The van der Waals surface area contributed by atoms with Crippen molar-refractivity contribution in [2.45, 2.75) is 37.7 Å². The highest BCUT2D eigenvalue weighted by Gasteiger charge is 2.61. The van der Waals surface area contributed by atoms with Crippen LogP contribution in [0.5, 0.6) is 0 Å². The van der Waals surface area contributed by atoms with Crippen LogP contribution in [0.4, 0.5) is 31.1 Å². The lowest BCUT2D eigenvalue weighted by atomic mass is 9.91. The van der Waals surface area contributed by atoms with E-state index in [-0.39, 0.29) is 24.4 Å². The number of halogens is 6. The van der Waals surface area contributed by atoms with E-state index in [1.807, 2.05) is 0 Å². The molecule has 1 spiro atoms. The highest BCUT2D eigenvalue weighted by Crippen LogP contribution is 2.59. The number of piperidine rings is 1. The third-order valence-electron chi connectivity index (χ3n) is 4.36. The fraction of sp³-hybridized carbons (Fsp3) is 0.833. The molecule has 0 bridgehead atoms. The van der Waals surface area contributed by atoms with E-state index in [9.17, 15) is 35.9 Å². The van der Waals surface area contributed by atoms with Gasteiger partial charge in [0.1, 0.15) is 0 Å². The van der Waals surface area contributed by atoms with Crippen LogP contribution < -0.4 is 5.73 Å². The molecule has 2 rings (SSSR count). The average molecular weight is 348 g/mol. The molecule has 0 aromatic heterocycles. The second kappa shape index (κ2) is 5.45. The zero-order chi connectivity index (χ0) is 17.6. The molecule has 23 heavy (non-hydrogen) atoms. The molecule has 1 aliphatic heterocycles. The number of likely N-dealkylation sites (tertiary alicyclic amines) is 1. The number of hydrogen-bond acceptors (Lipinski definition) is 3. The molecular formula is C12H14F6N2O3. The third-order valence-corrected chi connectivity index (χ3v) is 4.36. The first kappa shape index (κ1) is 17.7. The number of hydrogen-bond donors (Lipinski definition) is 1. The topological polar surface area (TPSA) is 72.6 Å². The van der Waals surface area contributed by atoms with Gasteiger partial charge in [-0.1, -0.05) is 0 Å². The second-order valence-electron chi connectivity index (χ2n) is 5.86. The number of nitrogens with two attached hydrogens (primary N) is 1. The lowest BCUT2D eigenvalue weighted by molar-refractivity contribution is -0.308. The number of amides is 2. The van der Waals surface area contributed by atoms with Crippen molar-refractivity contribution in [3.63, 3.8) is 0 Å². The van der Waals surface area contributed by atoms with E-state index in [0.717, 1.165) is 4.90 Å². The van der Waals surface area contributed by atoms with Gasteiger partial charge in [0.05, 0.1) is 0 Å². The highest BCUT2D eigenvalue weighted by atomic mass is 19.4. The van der Waals surface area contributed by atoms with Crippen molar-refractivity contribution in [1.82, 2.24) is 4.90 Å². The van der Waals surface area contributed by atoms with Crippen LogP contribution in [0.1, 0.15) is 19.3 Å². The van der Waals surface area contributed by atoms with Crippen molar-refractivity contribution in [3.05, 3.63) is 0 Å². The predicted molar refractivity (Wildman–Crippen MR) is 62.9 cm³/mol. The molecule has 2 fully saturated rings. The normalized spacial score (nSPS) is 24.0. The van der Waals surface area contributed by atoms with Crippen LogP contribution in [0.2, 0.25) is 0 Å². The maximum Gasteiger partial charge on any atom is 0.434 e. The van der Waals surface area contributed by atoms with Crippen LogP contribution in [-0.4, -0.2) is 48.4 Å². The molecule has 132 valence electrons. The summed E-state index contributed by atoms with van der Waals surface area (Å²) in [5, 5.41) is 0. The smallest absolute Gasteiger partial charge is 0.426 e. The summed E-state index contributed by atoms with van der Waals surface area (Å²) >= 11 is 0. The van der Waals surface area contributed by atoms with Crippen LogP contribution in [0, 0.1) is 11.3 Å². The number of ether oxygens (including phenoxy) is 1. The third kappa shape index (κ3) is 3.63. The molecule has 1 aliphatic carbocycles. The predicted octanol–water partition coefficient (Wildman–Crippen LogP) is 2.20. The molecule has 1 saturated carbocycles. The molecule has 2 N–H and O–H groups in total. The van der Waals surface area contributed by atoms with Crippen LogP contribution in [0.15, 0.2) is 0 Å². The number of nitrogens with zero attached hydrogens (tertiary/aromatic N) is 1. The van der Waals surface area contributed by atoms with Crippen LogP contribution in [0.25, 0.3) is 0 Å². The number of carbonyl (C=O) groups is 2. The Bertz CT molecular complexity index is 482. The highest BCUT2D eigenvalue weighted by molar-refractivity contribution is 5.81. The zero-order valence-corrected chi connectivity index (χ0v) is 11.7. The summed E-state index contributed by atoms with van der Waals surface area (Å²) in [6.07, 6.45) is -16.2. The molecule has 0 aromatic rings. The SMILES string of the molecule is NC(=O)C1CC12CCN(C(=O)OC(C(F)(F)F)C(F)(F)F)CC2. The summed E-state index contributed by atoms with van der Waals surface area (Å²) in [4.78, 5) is 23.4. The van der Waals surface area contributed by atoms with Crippen LogP contribution in [0.3, 0.4) is 0 Å². The van der Waals surface area contributed by atoms with Crippen molar-refractivity contribution in [2.75, 3.05) is 13.1 Å². The van der Waals surface area contributed by atoms with Gasteiger partial charge in [-0.3, -0.25) is 4.79 Å². The summed E-state index contributed by atoms with van der Waals surface area (Å²) in [6.45, 7) is -0.157. The van der Waals surface area contributed by atoms with Gasteiger partial charge in [-0.05, 0) is 24.7 Å². The molecule has 11 heteroatoms. The van der Waals surface area contributed by atoms with Gasteiger partial charge >= 0.3 is 18.4 Å². The van der Waals surface area contributed by atoms with E-state index < -0.39 is 30.5 Å². The average Bonchev–Trinajstić information content (AvgIpc) is 3.08. The first-order chi connectivity index (χ1) is 10.4. The zero-order valence-electron chi connectivity index (χ0n) is 11.7. The van der Waals surface area contributed by atoms with E-state index in [1.165, 1.54) is 0 Å². The van der Waals surface area contributed by atoms with Crippen molar-refractivity contribution in [2.24, 2.45) is 17.1 Å². The van der Waals surface area contributed by atoms with Gasteiger partial charge in [-0.25, -0.2) is 4.79 Å². The number of carbonyl (C=O) groups excluding carboxylic acids is 2. The molecule has 0 radical (unpaired) electrons. The Morgan fingerprint density at radius 2 is 1.57 bits per heavy atom. The fourth-order valence-electron chi connectivity index (χ4n) is 2.93. The van der Waals surface area contributed by atoms with Gasteiger partial charge in [-0.15, -0.1) is 0 Å². The van der Waals surface area contributed by atoms with Crippen LogP contribution >= 0.6 is 0 Å². The Balaban J connectivity index is 1.94. The van der Waals surface area contributed by atoms with E-state index in [0.29, 0.717) is 19.3 Å². The fourth-order valence-corrected chi connectivity index (χ4v) is 2.93. The quantitative estimate of drug-likeness (QED) is 0.778. The second-order valence-corrected chi connectivity index (χ2v) is 5.86. The van der Waals surface area contributed by atoms with Gasteiger partial charge in [0.25, 0.3) is 6.10 Å². The van der Waals surface area contributed by atoms with Crippen molar-refractivity contribution < 1.29 is 40.7 Å². The molecular weight excluding hydrogens is 334 g/mol. The largest absolute Gasteiger partial charge is 0.434 e. The summed E-state index contributed by atoms with van der Waals surface area (Å²) in [5.74, 6) is -0.839. The minimum Gasteiger partial charge on any atom is -0.426 e. The van der Waals surface area contributed by atoms with E-state index in [2.05, 4.69) is 4.74 Å². The first-order valence-corrected chi connectivity index (χ1v) is 6.75. The Morgan fingerprint density at radius 3 is 1.91 bits per heavy atom. The molecule has 1 atom stereocenters. The van der Waals surface area contributed by atoms with Gasteiger partial charge < -0.3 is 15.4 Å². The molecule has 1 saturated heterocycles. The minimum atomic E-state index is -5.74. The van der Waals surface area contributed by atoms with E-state index in [4.69, 9.17) is 5.73 Å². The Kier molecular flexibility index (Phi) is 4.18. The Morgan fingerprint density at radius 1 is 1.09 bits per heavy atom. The minimum absolute atomic E-state index is 0.0783. The van der Waals surface area contributed by atoms with Crippen molar-refractivity contribution in [3.8, 4) is 0 Å². The summed E-state index contributed by atoms with van der Waals surface area (Å²) in [7, 11) is 0. The Hall–Kier alpha value is -1.68. The van der Waals surface area contributed by atoms with E-state index in [1.54, 1.807) is 0 Å². The first-order valence-electron chi connectivity index (χ1n) is 6.75. The standard InChI is InChI=1S/C12H14F6N2O3/c13-11(14,15)8(12(16,17)18)23-9(22)20-3-1-10(2-4-20)5-6(10)7(19)21/h6,8H,1-5H2,(H2,19,21). The van der Waals surface area contributed by atoms with Gasteiger partial charge in [0.2, 0.25) is 5.91 Å². The maximum atomic E-state index is 12.3. The molecule has 5 nitrogen and oxygen atoms in total. The molecule has 1 heterocycles. The van der Waals surface area contributed by atoms with Gasteiger partial charge in [0.15, 0.2) is 0 Å². The number of primary amides is 1. The molecule has 2 amide bonds. The van der Waals surface area contributed by atoms with Gasteiger partial charge in [0, 0.05) is 19.0 Å². The van der Waals surface area contributed by atoms with Crippen molar-refractivity contribution in [1.29, 1.82) is 0 Å². The summed E-state index contributed by atoms with van der Waals surface area (Å²) in [5.41, 5.74) is 4.79. The number of alkyl halides is 6. The number of rotatable bonds is 2. The van der Waals surface area contributed by atoms with Crippen LogP contribution in [-0.2, 0) is 9.53 Å². The van der Waals surface area contributed by atoms with E-state index >= 15 is 0 Å². The lowest BCUT2D eigenvalue weighted by Crippen LogP contribution is -2.49. The van der Waals surface area contributed by atoms with Crippen molar-refractivity contribution >= 4 is 12.0 Å². The maximum absolute atomic E-state index is 12.3. The summed E-state index contributed by atoms with van der Waals surface area (Å²) < 4.78 is 77.7. The summed E-state index contributed by atoms with van der Waals surface area (Å²) in [6, 6.07) is 0. The monoisotopic (exact) mass is 348 g/mol. The molecule has 2 aliphatic rings. The lowest BCUT2D eigenvalue weighted by Gasteiger charge is -2.33.